The molecule has 0 atom stereocenters. The molecule has 4 aromatic rings. The van der Waals surface area contributed by atoms with Gasteiger partial charge in [0.2, 0.25) is 0 Å². The number of methoxy groups -OCH3 is 1. The maximum atomic E-state index is 11.1. The first-order valence-corrected chi connectivity index (χ1v) is 7.75. The van der Waals surface area contributed by atoms with Crippen molar-refractivity contribution < 1.29 is 36.8 Å². The Balaban J connectivity index is 0.000000190. The first kappa shape index (κ1) is 20.2. The molecule has 0 saturated carbocycles. The first-order valence-electron chi connectivity index (χ1n) is 7.75. The summed E-state index contributed by atoms with van der Waals surface area (Å²) < 4.78 is 4.63. The Morgan fingerprint density at radius 3 is 1.93 bits per heavy atom. The zero-order valence-electron chi connectivity index (χ0n) is 14.2. The van der Waals surface area contributed by atoms with E-state index in [4.69, 9.17) is 0 Å². The average Bonchev–Trinajstić information content (AvgIpc) is 2.68. The number of benzene rings is 2. The monoisotopic (exact) mass is 409 g/mol. The summed E-state index contributed by atoms with van der Waals surface area (Å²) in [5.74, 6) is -2.13. The van der Waals surface area contributed by atoms with Crippen LogP contribution in [0.4, 0.5) is 0 Å². The van der Waals surface area contributed by atoms with Gasteiger partial charge in [-0.1, -0.05) is 42.1 Å². The summed E-state index contributed by atoms with van der Waals surface area (Å²) in [6.07, 6.45) is 3.60. The quantitative estimate of drug-likeness (QED) is 0.370. The van der Waals surface area contributed by atoms with Gasteiger partial charge < -0.3 is 19.7 Å². The number of aromatic carboxylic acids is 1. The molecule has 0 N–H and O–H groups in total. The van der Waals surface area contributed by atoms with Gasteiger partial charge in [0.25, 0.3) is 0 Å². The second-order valence-corrected chi connectivity index (χ2v) is 5.34. The van der Waals surface area contributed by atoms with E-state index < -0.39 is 11.7 Å². The number of carbonyl (C=O) groups excluding carboxylic acids is 1. The third-order valence-electron chi connectivity index (χ3n) is 3.76. The number of aromatic nitrogens is 2. The van der Waals surface area contributed by atoms with Crippen LogP contribution < -0.4 is 14.9 Å². The van der Waals surface area contributed by atoms with Crippen molar-refractivity contribution in [2.24, 2.45) is 0 Å². The zero-order valence-corrected chi connectivity index (χ0v) is 15.1. The fraction of sp³-hybridized carbons (Fsp3) is 0.0500. The van der Waals surface area contributed by atoms with Gasteiger partial charge in [0.05, 0.1) is 24.1 Å². The molecule has 0 fully saturated rings. The van der Waals surface area contributed by atoms with Gasteiger partial charge in [-0.05, 0) is 23.8 Å². The summed E-state index contributed by atoms with van der Waals surface area (Å²) in [6, 6.07) is 16.1. The molecule has 0 unspecified atom stereocenters. The molecule has 0 aliphatic carbocycles. The van der Waals surface area contributed by atoms with Gasteiger partial charge in [0.15, 0.2) is 0 Å². The van der Waals surface area contributed by atoms with Crippen LogP contribution in [0.5, 0.6) is 11.5 Å². The minimum absolute atomic E-state index is 0. The predicted octanol–water partition coefficient (Wildman–Crippen LogP) is 1.91. The minimum Gasteiger partial charge on any atom is -0.870 e. The molecule has 0 saturated heterocycles. The van der Waals surface area contributed by atoms with Gasteiger partial charge in [0, 0.05) is 23.2 Å². The number of carboxylic acid groups (broad SMARTS) is 1. The van der Waals surface area contributed by atoms with E-state index in [-0.39, 0.29) is 28.4 Å². The molecule has 2 aromatic heterocycles. The van der Waals surface area contributed by atoms with E-state index >= 15 is 0 Å². The normalized spacial score (nSPS) is 9.81. The molecule has 4 rings (SSSR count). The summed E-state index contributed by atoms with van der Waals surface area (Å²) in [7, 11) is 1.30. The van der Waals surface area contributed by atoms with E-state index in [1.165, 1.54) is 25.3 Å². The van der Waals surface area contributed by atoms with Crippen molar-refractivity contribution >= 4 is 27.8 Å². The molecular formula is C20H14CuN2O4. The fourth-order valence-electron chi connectivity index (χ4n) is 2.52. The van der Waals surface area contributed by atoms with Crippen LogP contribution >= 0.6 is 0 Å². The average molecular weight is 410 g/mol. The van der Waals surface area contributed by atoms with Gasteiger partial charge in [-0.3, -0.25) is 9.97 Å². The number of ether oxygens (including phenoxy) is 1. The third-order valence-corrected chi connectivity index (χ3v) is 3.76. The Morgan fingerprint density at radius 1 is 0.889 bits per heavy atom. The number of carbonyl (C=O) groups is 1. The van der Waals surface area contributed by atoms with Crippen molar-refractivity contribution in [3.63, 3.8) is 0 Å². The number of carboxylic acids is 1. The van der Waals surface area contributed by atoms with Crippen molar-refractivity contribution in [1.82, 2.24) is 9.97 Å². The van der Waals surface area contributed by atoms with E-state index in [0.717, 1.165) is 21.8 Å². The zero-order chi connectivity index (χ0) is 18.5. The largest absolute Gasteiger partial charge is 2.00 e. The second kappa shape index (κ2) is 8.98. The summed E-state index contributed by atoms with van der Waals surface area (Å²) in [6.45, 7) is 0. The third kappa shape index (κ3) is 4.34. The molecule has 139 valence electrons. The van der Waals surface area contributed by atoms with Crippen LogP contribution in [0, 0.1) is 0 Å². The van der Waals surface area contributed by atoms with Gasteiger partial charge >= 0.3 is 17.1 Å². The molecule has 2 aromatic carbocycles. The first-order chi connectivity index (χ1) is 12.6. The summed E-state index contributed by atoms with van der Waals surface area (Å²) in [5, 5.41) is 23.7. The molecule has 0 bridgehead atoms. The van der Waals surface area contributed by atoms with E-state index in [1.54, 1.807) is 12.4 Å². The Labute approximate surface area is 165 Å². The van der Waals surface area contributed by atoms with Crippen molar-refractivity contribution in [2.75, 3.05) is 7.11 Å². The smallest absolute Gasteiger partial charge is 0.870 e. The van der Waals surface area contributed by atoms with Crippen LogP contribution in [0.1, 0.15) is 10.4 Å². The van der Waals surface area contributed by atoms with E-state index in [2.05, 4.69) is 39.0 Å². The predicted molar refractivity (Wildman–Crippen MR) is 93.8 cm³/mol. The number of rotatable bonds is 2. The minimum atomic E-state index is -1.49. The molecule has 0 amide bonds. The van der Waals surface area contributed by atoms with Gasteiger partial charge in [-0.25, -0.2) is 0 Å². The van der Waals surface area contributed by atoms with Crippen molar-refractivity contribution in [1.29, 1.82) is 0 Å². The van der Waals surface area contributed by atoms with Gasteiger partial charge in [0.1, 0.15) is 5.75 Å². The molecule has 6 nitrogen and oxygen atoms in total. The van der Waals surface area contributed by atoms with Crippen LogP contribution in [-0.4, -0.2) is 23.0 Å². The van der Waals surface area contributed by atoms with Crippen LogP contribution in [0.3, 0.4) is 0 Å². The molecule has 2 heterocycles. The number of para-hydroxylation sites is 1. The Morgan fingerprint density at radius 2 is 1.44 bits per heavy atom. The van der Waals surface area contributed by atoms with Crippen molar-refractivity contribution in [2.45, 2.75) is 0 Å². The van der Waals surface area contributed by atoms with Crippen molar-refractivity contribution in [3.8, 4) is 11.5 Å². The summed E-state index contributed by atoms with van der Waals surface area (Å²) in [5.41, 5.74) is 1.57. The molecule has 0 aliphatic heterocycles. The number of hydrogen-bond donors (Lipinski definition) is 0. The number of pyridine rings is 2. The molecule has 0 aliphatic rings. The van der Waals surface area contributed by atoms with Gasteiger partial charge in [-0.2, -0.15) is 0 Å². The maximum absolute atomic E-state index is 11.1. The molecule has 7 heteroatoms. The molecule has 0 spiro atoms. The van der Waals surface area contributed by atoms with Gasteiger partial charge in [-0.15, -0.1) is 0 Å². The van der Waals surface area contributed by atoms with Crippen LogP contribution in [-0.2, 0) is 17.1 Å². The maximum Gasteiger partial charge on any atom is 2.00 e. The summed E-state index contributed by atoms with van der Waals surface area (Å²) >= 11 is 0. The molecule has 27 heavy (non-hydrogen) atoms. The Bertz CT molecular complexity index is 1030. The van der Waals surface area contributed by atoms with E-state index in [0.29, 0.717) is 0 Å². The number of nitrogens with zero attached hydrogens (tertiary/aromatic N) is 2. The van der Waals surface area contributed by atoms with E-state index in [9.17, 15) is 15.0 Å². The van der Waals surface area contributed by atoms with Crippen LogP contribution in [0.15, 0.2) is 67.0 Å². The standard InChI is InChI=1S/C12H8N2.C8H8O4.Cu/c1-3-9-5-6-10-4-2-8-14-12(10)11(9)13-7-1;1-12-6-4-2-3-5(7(6)9)8(10)11;/h1-8H;2-4,9H,1H3,(H,10,11);/q;;+2/p-2. The Kier molecular flexibility index (Phi) is 6.71. The van der Waals surface area contributed by atoms with Crippen LogP contribution in [0.25, 0.3) is 21.8 Å². The molecular weight excluding hydrogens is 396 g/mol. The second-order valence-electron chi connectivity index (χ2n) is 5.34. The summed E-state index contributed by atoms with van der Waals surface area (Å²) in [4.78, 5) is 19.0. The van der Waals surface area contributed by atoms with Crippen LogP contribution in [0.2, 0.25) is 0 Å². The van der Waals surface area contributed by atoms with E-state index in [1.807, 2.05) is 12.1 Å². The molecule has 1 radical (unpaired) electrons. The topological polar surface area (TPSA) is 98.2 Å². The number of hydrogen-bond acceptors (Lipinski definition) is 6. The fourth-order valence-corrected chi connectivity index (χ4v) is 2.52. The number of fused-ring (bicyclic) bond motifs is 3. The Hall–Kier alpha value is -3.15. The van der Waals surface area contributed by atoms with Crippen molar-refractivity contribution in [3.05, 3.63) is 72.6 Å². The SMILES string of the molecule is COc1cccc(C(=O)[O-])c1[O-].[Cu+2].c1cnc2c(c1)ccc1cccnc12.